The number of carbonyl (C=O) groups is 3. The van der Waals surface area contributed by atoms with Crippen molar-refractivity contribution in [2.75, 3.05) is 11.9 Å². The molecule has 0 aliphatic heterocycles. The zero-order chi connectivity index (χ0) is 17.4. The minimum Gasteiger partial charge on any atom is -0.452 e. The molecule has 0 unspecified atom stereocenters. The number of hydrogen-bond donors (Lipinski definition) is 2. The molecule has 9 nitrogen and oxygen atoms in total. The number of para-hydroxylation sites is 2. The summed E-state index contributed by atoms with van der Waals surface area (Å²) >= 11 is 0. The molecule has 2 amide bonds. The van der Waals surface area contributed by atoms with E-state index in [2.05, 4.69) is 10.6 Å². The number of carbonyl (C=O) groups excluding carboxylic acids is 3. The van der Waals surface area contributed by atoms with E-state index >= 15 is 0 Å². The number of amides is 2. The molecule has 23 heavy (non-hydrogen) atoms. The van der Waals surface area contributed by atoms with E-state index in [0.717, 1.165) is 0 Å². The van der Waals surface area contributed by atoms with E-state index in [1.54, 1.807) is 0 Å². The average Bonchev–Trinajstić information content (AvgIpc) is 2.46. The molecule has 1 atom stereocenters. The molecule has 1 rings (SSSR count). The summed E-state index contributed by atoms with van der Waals surface area (Å²) < 4.78 is 4.89. The fourth-order valence-electron chi connectivity index (χ4n) is 1.62. The Morgan fingerprint density at radius 2 is 1.96 bits per heavy atom. The number of esters is 1. The lowest BCUT2D eigenvalue weighted by Crippen LogP contribution is -2.31. The Kier molecular flexibility index (Phi) is 6.66. The fourth-order valence-corrected chi connectivity index (χ4v) is 1.62. The first-order chi connectivity index (χ1) is 10.8. The van der Waals surface area contributed by atoms with Gasteiger partial charge in [0, 0.05) is 19.5 Å². The van der Waals surface area contributed by atoms with Gasteiger partial charge in [-0.2, -0.15) is 0 Å². The number of nitro benzene ring substituents is 1. The van der Waals surface area contributed by atoms with Gasteiger partial charge in [-0.05, 0) is 13.0 Å². The highest BCUT2D eigenvalue weighted by atomic mass is 16.6. The lowest BCUT2D eigenvalue weighted by atomic mass is 10.2. The third-order valence-corrected chi connectivity index (χ3v) is 2.74. The maximum absolute atomic E-state index is 11.9. The van der Waals surface area contributed by atoms with Crippen LogP contribution in [0.15, 0.2) is 24.3 Å². The Morgan fingerprint density at radius 3 is 2.57 bits per heavy atom. The summed E-state index contributed by atoms with van der Waals surface area (Å²) in [4.78, 5) is 44.3. The SMILES string of the molecule is CC(=O)NCCC(=O)O[C@@H](C)C(=O)Nc1ccccc1[N+](=O)[O-]. The third-order valence-electron chi connectivity index (χ3n) is 2.74. The van der Waals surface area contributed by atoms with Gasteiger partial charge in [0.25, 0.3) is 11.6 Å². The van der Waals surface area contributed by atoms with Gasteiger partial charge in [-0.25, -0.2) is 0 Å². The van der Waals surface area contributed by atoms with Crippen molar-refractivity contribution in [1.82, 2.24) is 5.32 Å². The molecule has 0 bridgehead atoms. The predicted molar refractivity (Wildman–Crippen MR) is 80.6 cm³/mol. The van der Waals surface area contributed by atoms with E-state index in [1.165, 1.54) is 38.1 Å². The third kappa shape index (κ3) is 6.12. The molecule has 0 saturated carbocycles. The van der Waals surface area contributed by atoms with Crippen molar-refractivity contribution in [1.29, 1.82) is 0 Å². The number of hydrogen-bond acceptors (Lipinski definition) is 6. The number of nitro groups is 1. The summed E-state index contributed by atoms with van der Waals surface area (Å²) in [6, 6.07) is 5.63. The standard InChI is InChI=1S/C14H17N3O6/c1-9(23-13(19)7-8-15-10(2)18)14(20)16-11-5-3-4-6-12(11)17(21)22/h3-6,9H,7-8H2,1-2H3,(H,15,18)(H,16,20)/t9-/m0/s1. The predicted octanol–water partition coefficient (Wildman–Crippen LogP) is 0.991. The van der Waals surface area contributed by atoms with Gasteiger partial charge in [0.05, 0.1) is 11.3 Å². The van der Waals surface area contributed by atoms with E-state index in [-0.39, 0.29) is 30.2 Å². The molecule has 0 aromatic heterocycles. The largest absolute Gasteiger partial charge is 0.452 e. The molecule has 0 fully saturated rings. The van der Waals surface area contributed by atoms with Crippen LogP contribution >= 0.6 is 0 Å². The number of anilines is 1. The molecular weight excluding hydrogens is 306 g/mol. The van der Waals surface area contributed by atoms with E-state index in [1.807, 2.05) is 0 Å². The number of benzene rings is 1. The molecule has 1 aromatic carbocycles. The highest BCUT2D eigenvalue weighted by molar-refractivity contribution is 5.96. The average molecular weight is 323 g/mol. The minimum absolute atomic E-state index is 0.0173. The molecule has 0 aliphatic rings. The van der Waals surface area contributed by atoms with Crippen LogP contribution in [0.2, 0.25) is 0 Å². The van der Waals surface area contributed by atoms with Crippen molar-refractivity contribution >= 4 is 29.2 Å². The fraction of sp³-hybridized carbons (Fsp3) is 0.357. The lowest BCUT2D eigenvalue weighted by molar-refractivity contribution is -0.383. The molecule has 9 heteroatoms. The number of nitrogens with one attached hydrogen (secondary N) is 2. The zero-order valence-electron chi connectivity index (χ0n) is 12.7. The normalized spacial score (nSPS) is 11.2. The smallest absolute Gasteiger partial charge is 0.308 e. The Bertz CT molecular complexity index is 616. The summed E-state index contributed by atoms with van der Waals surface area (Å²) in [6.07, 6.45) is -1.21. The number of nitrogens with zero attached hydrogens (tertiary/aromatic N) is 1. The van der Waals surface area contributed by atoms with Crippen LogP contribution in [-0.2, 0) is 19.1 Å². The van der Waals surface area contributed by atoms with Gasteiger partial charge in [0.1, 0.15) is 5.69 Å². The topological polar surface area (TPSA) is 128 Å². The molecule has 0 saturated heterocycles. The second-order valence-corrected chi connectivity index (χ2v) is 4.63. The van der Waals surface area contributed by atoms with Gasteiger partial charge in [0.2, 0.25) is 5.91 Å². The Morgan fingerprint density at radius 1 is 1.30 bits per heavy atom. The van der Waals surface area contributed by atoms with Gasteiger partial charge in [-0.1, -0.05) is 12.1 Å². The highest BCUT2D eigenvalue weighted by Crippen LogP contribution is 2.23. The van der Waals surface area contributed by atoms with Gasteiger partial charge < -0.3 is 15.4 Å². The molecule has 2 N–H and O–H groups in total. The van der Waals surface area contributed by atoms with Crippen LogP contribution in [0.5, 0.6) is 0 Å². The summed E-state index contributed by atoms with van der Waals surface area (Å²) in [6.45, 7) is 2.77. The first-order valence-electron chi connectivity index (χ1n) is 6.79. The van der Waals surface area contributed by atoms with Crippen LogP contribution < -0.4 is 10.6 Å². The van der Waals surface area contributed by atoms with Crippen molar-refractivity contribution in [3.05, 3.63) is 34.4 Å². The molecule has 0 radical (unpaired) electrons. The van der Waals surface area contributed by atoms with Crippen molar-refractivity contribution in [2.24, 2.45) is 0 Å². The molecular formula is C14H17N3O6. The maximum atomic E-state index is 11.9. The second kappa shape index (κ2) is 8.47. The van der Waals surface area contributed by atoms with Gasteiger partial charge >= 0.3 is 5.97 Å². The van der Waals surface area contributed by atoms with Crippen LogP contribution in [0, 0.1) is 10.1 Å². The first-order valence-corrected chi connectivity index (χ1v) is 6.79. The lowest BCUT2D eigenvalue weighted by Gasteiger charge is -2.13. The summed E-state index contributed by atoms with van der Waals surface area (Å²) in [5.74, 6) is -1.63. The molecule has 1 aromatic rings. The van der Waals surface area contributed by atoms with Crippen LogP contribution in [0.3, 0.4) is 0 Å². The first kappa shape index (κ1) is 18.1. The van der Waals surface area contributed by atoms with Gasteiger partial charge in [-0.15, -0.1) is 0 Å². The Hall–Kier alpha value is -2.97. The minimum atomic E-state index is -1.13. The van der Waals surface area contributed by atoms with E-state index in [4.69, 9.17) is 4.74 Å². The van der Waals surface area contributed by atoms with E-state index in [0.29, 0.717) is 0 Å². The monoisotopic (exact) mass is 323 g/mol. The van der Waals surface area contributed by atoms with Gasteiger partial charge in [0.15, 0.2) is 6.10 Å². The highest BCUT2D eigenvalue weighted by Gasteiger charge is 2.21. The van der Waals surface area contributed by atoms with E-state index in [9.17, 15) is 24.5 Å². The Labute approximate surface area is 132 Å². The second-order valence-electron chi connectivity index (χ2n) is 4.63. The van der Waals surface area contributed by atoms with Crippen molar-refractivity contribution in [2.45, 2.75) is 26.4 Å². The molecule has 0 heterocycles. The molecule has 0 aliphatic carbocycles. The van der Waals surface area contributed by atoms with Crippen LogP contribution in [0.25, 0.3) is 0 Å². The number of rotatable bonds is 7. The van der Waals surface area contributed by atoms with Crippen LogP contribution in [0.4, 0.5) is 11.4 Å². The summed E-state index contributed by atoms with van der Waals surface area (Å²) in [5.41, 5.74) is -0.242. The zero-order valence-corrected chi connectivity index (χ0v) is 12.7. The Balaban J connectivity index is 2.56. The van der Waals surface area contributed by atoms with Crippen molar-refractivity contribution in [3.63, 3.8) is 0 Å². The van der Waals surface area contributed by atoms with Crippen molar-refractivity contribution in [3.8, 4) is 0 Å². The quantitative estimate of drug-likeness (QED) is 0.437. The number of ether oxygens (including phenoxy) is 1. The van der Waals surface area contributed by atoms with Crippen LogP contribution in [0.1, 0.15) is 20.3 Å². The van der Waals surface area contributed by atoms with E-state index < -0.39 is 22.9 Å². The maximum Gasteiger partial charge on any atom is 0.308 e. The summed E-state index contributed by atoms with van der Waals surface area (Å²) in [5, 5.41) is 15.6. The van der Waals surface area contributed by atoms with Crippen LogP contribution in [-0.4, -0.2) is 35.4 Å². The molecule has 124 valence electrons. The molecule has 0 spiro atoms. The summed E-state index contributed by atoms with van der Waals surface area (Å²) in [7, 11) is 0. The van der Waals surface area contributed by atoms with Crippen molar-refractivity contribution < 1.29 is 24.0 Å². The van der Waals surface area contributed by atoms with Gasteiger partial charge in [-0.3, -0.25) is 24.5 Å².